The number of nitrogens with zero attached hydrogens (tertiary/aromatic N) is 2. The Morgan fingerprint density at radius 2 is 1.91 bits per heavy atom. The molecule has 0 saturated carbocycles. The number of carbonyl (C=O) groups excluding carboxylic acids is 1. The maximum atomic E-state index is 12.6. The fourth-order valence-electron chi connectivity index (χ4n) is 2.90. The summed E-state index contributed by atoms with van der Waals surface area (Å²) in [4.78, 5) is 17.9. The molecule has 0 bridgehead atoms. The molecule has 32 heavy (non-hydrogen) atoms. The minimum absolute atomic E-state index is 0.168. The number of anilines is 2. The molecule has 4 rings (SSSR count). The number of ether oxygens (including phenoxy) is 2. The Hall–Kier alpha value is -3.69. The van der Waals surface area contributed by atoms with Crippen LogP contribution in [0.2, 0.25) is 0 Å². The third kappa shape index (κ3) is 4.96. The van der Waals surface area contributed by atoms with Crippen LogP contribution in [0.25, 0.3) is 11.3 Å². The van der Waals surface area contributed by atoms with Crippen molar-refractivity contribution in [1.29, 1.82) is 0 Å². The number of benzene rings is 2. The second-order valence-electron chi connectivity index (χ2n) is 6.47. The number of thiophene rings is 1. The topological polar surface area (TPSA) is 84.8 Å². The summed E-state index contributed by atoms with van der Waals surface area (Å²) < 4.78 is 10.6. The highest BCUT2D eigenvalue weighted by atomic mass is 32.1. The van der Waals surface area contributed by atoms with Gasteiger partial charge in [0.25, 0.3) is 5.91 Å². The molecule has 0 spiro atoms. The molecule has 0 aliphatic heterocycles. The second kappa shape index (κ2) is 10.1. The Labute approximate surface area is 193 Å². The fourth-order valence-corrected chi connectivity index (χ4v) is 4.35. The summed E-state index contributed by atoms with van der Waals surface area (Å²) in [5, 5.41) is 10.3. The monoisotopic (exact) mass is 464 g/mol. The van der Waals surface area contributed by atoms with Crippen molar-refractivity contribution in [2.45, 2.75) is 0 Å². The number of aromatic nitrogens is 1. The molecule has 0 radical (unpaired) electrons. The molecule has 7 nitrogen and oxygen atoms in total. The van der Waals surface area contributed by atoms with Crippen LogP contribution in [0.3, 0.4) is 0 Å². The van der Waals surface area contributed by atoms with Crippen molar-refractivity contribution in [2.24, 2.45) is 5.10 Å². The summed E-state index contributed by atoms with van der Waals surface area (Å²) in [6, 6.07) is 18.8. The van der Waals surface area contributed by atoms with Crippen LogP contribution in [-0.2, 0) is 0 Å². The van der Waals surface area contributed by atoms with Gasteiger partial charge in [-0.05, 0) is 23.6 Å². The number of rotatable bonds is 8. The molecule has 0 aliphatic rings. The molecule has 0 atom stereocenters. The van der Waals surface area contributed by atoms with Gasteiger partial charge in [-0.1, -0.05) is 47.7 Å². The highest BCUT2D eigenvalue weighted by Crippen LogP contribution is 2.36. The Kier molecular flexibility index (Phi) is 6.78. The van der Waals surface area contributed by atoms with E-state index in [4.69, 9.17) is 9.47 Å². The van der Waals surface area contributed by atoms with E-state index in [1.165, 1.54) is 22.7 Å². The van der Waals surface area contributed by atoms with E-state index in [-0.39, 0.29) is 5.91 Å². The maximum Gasteiger partial charge on any atom is 0.266 e. The number of methoxy groups -OCH3 is 2. The lowest BCUT2D eigenvalue weighted by Crippen LogP contribution is -2.09. The Morgan fingerprint density at radius 1 is 1.06 bits per heavy atom. The summed E-state index contributed by atoms with van der Waals surface area (Å²) >= 11 is 2.71. The number of hydrazone groups is 1. The smallest absolute Gasteiger partial charge is 0.266 e. The van der Waals surface area contributed by atoms with Gasteiger partial charge in [-0.2, -0.15) is 5.10 Å². The van der Waals surface area contributed by atoms with Gasteiger partial charge < -0.3 is 14.8 Å². The van der Waals surface area contributed by atoms with Crippen molar-refractivity contribution in [2.75, 3.05) is 25.0 Å². The van der Waals surface area contributed by atoms with Crippen molar-refractivity contribution < 1.29 is 14.3 Å². The first-order valence-corrected chi connectivity index (χ1v) is 11.3. The van der Waals surface area contributed by atoms with Gasteiger partial charge >= 0.3 is 0 Å². The number of hydrogen-bond donors (Lipinski definition) is 2. The Bertz CT molecular complexity index is 1220. The number of thiazole rings is 1. The van der Waals surface area contributed by atoms with Crippen molar-refractivity contribution in [1.82, 2.24) is 4.98 Å². The van der Waals surface area contributed by atoms with Crippen LogP contribution in [0.1, 0.15) is 15.2 Å². The van der Waals surface area contributed by atoms with E-state index >= 15 is 0 Å². The highest BCUT2D eigenvalue weighted by molar-refractivity contribution is 7.20. The van der Waals surface area contributed by atoms with Crippen LogP contribution in [-0.4, -0.2) is 31.3 Å². The van der Waals surface area contributed by atoms with E-state index in [2.05, 4.69) is 20.8 Å². The first-order valence-electron chi connectivity index (χ1n) is 9.60. The maximum absolute atomic E-state index is 12.6. The molecule has 0 fully saturated rings. The van der Waals surface area contributed by atoms with Crippen LogP contribution < -0.4 is 20.2 Å². The summed E-state index contributed by atoms with van der Waals surface area (Å²) in [6.45, 7) is 0. The SMILES string of the molecule is COc1ccc(C=NNc2nc(-c3ccccc3)c(NC(=O)c3cccs3)s2)c(OC)c1. The Balaban J connectivity index is 1.57. The molecular formula is C23H20N4O3S2. The van der Waals surface area contributed by atoms with Gasteiger partial charge in [0.2, 0.25) is 5.13 Å². The van der Waals surface area contributed by atoms with Gasteiger partial charge in [0.1, 0.15) is 22.2 Å². The number of nitrogens with one attached hydrogen (secondary N) is 2. The van der Waals surface area contributed by atoms with Crippen molar-refractivity contribution >= 4 is 44.9 Å². The minimum atomic E-state index is -0.168. The van der Waals surface area contributed by atoms with Crippen LogP contribution in [0, 0.1) is 0 Å². The zero-order valence-electron chi connectivity index (χ0n) is 17.4. The quantitative estimate of drug-likeness (QED) is 0.262. The van der Waals surface area contributed by atoms with E-state index in [1.54, 1.807) is 32.6 Å². The third-order valence-corrected chi connectivity index (χ3v) is 6.19. The number of amides is 1. The van der Waals surface area contributed by atoms with Crippen LogP contribution in [0.4, 0.5) is 10.1 Å². The van der Waals surface area contributed by atoms with Crippen molar-refractivity contribution in [3.63, 3.8) is 0 Å². The van der Waals surface area contributed by atoms with Gasteiger partial charge in [-0.25, -0.2) is 4.98 Å². The summed E-state index contributed by atoms with van der Waals surface area (Å²) in [5.41, 5.74) is 5.32. The summed E-state index contributed by atoms with van der Waals surface area (Å²) in [5.74, 6) is 1.17. The minimum Gasteiger partial charge on any atom is -0.497 e. The Morgan fingerprint density at radius 3 is 2.62 bits per heavy atom. The zero-order chi connectivity index (χ0) is 22.3. The molecule has 2 aromatic heterocycles. The normalized spacial score (nSPS) is 10.8. The summed E-state index contributed by atoms with van der Waals surface area (Å²) in [7, 11) is 3.20. The highest BCUT2D eigenvalue weighted by Gasteiger charge is 2.17. The largest absolute Gasteiger partial charge is 0.497 e. The predicted octanol–water partition coefficient (Wildman–Crippen LogP) is 5.59. The molecule has 9 heteroatoms. The summed E-state index contributed by atoms with van der Waals surface area (Å²) in [6.07, 6.45) is 1.64. The van der Waals surface area contributed by atoms with Gasteiger partial charge in [0.15, 0.2) is 0 Å². The van der Waals surface area contributed by atoms with Gasteiger partial charge in [-0.3, -0.25) is 10.2 Å². The van der Waals surface area contributed by atoms with Crippen molar-refractivity contribution in [3.8, 4) is 22.8 Å². The lowest BCUT2D eigenvalue weighted by molar-refractivity contribution is 0.103. The molecule has 2 N–H and O–H groups in total. The predicted molar refractivity (Wildman–Crippen MR) is 131 cm³/mol. The molecule has 162 valence electrons. The molecule has 2 aromatic carbocycles. The lowest BCUT2D eigenvalue weighted by atomic mass is 10.2. The third-order valence-electron chi connectivity index (χ3n) is 4.45. The second-order valence-corrected chi connectivity index (χ2v) is 8.42. The zero-order valence-corrected chi connectivity index (χ0v) is 19.0. The fraction of sp³-hybridized carbons (Fsp3) is 0.0870. The van der Waals surface area contributed by atoms with Crippen LogP contribution in [0.15, 0.2) is 71.1 Å². The van der Waals surface area contributed by atoms with E-state index in [0.29, 0.717) is 32.2 Å². The average molecular weight is 465 g/mol. The molecular weight excluding hydrogens is 444 g/mol. The number of carbonyl (C=O) groups is 1. The first-order chi connectivity index (χ1) is 15.7. The van der Waals surface area contributed by atoms with E-state index in [9.17, 15) is 4.79 Å². The molecule has 0 unspecified atom stereocenters. The van der Waals surface area contributed by atoms with Gasteiger partial charge in [0, 0.05) is 17.2 Å². The van der Waals surface area contributed by atoms with Crippen molar-refractivity contribution in [3.05, 3.63) is 76.5 Å². The molecule has 2 heterocycles. The lowest BCUT2D eigenvalue weighted by Gasteiger charge is -2.06. The van der Waals surface area contributed by atoms with Gasteiger partial charge in [0.05, 0.1) is 25.3 Å². The van der Waals surface area contributed by atoms with Crippen LogP contribution >= 0.6 is 22.7 Å². The van der Waals surface area contributed by atoms with E-state index in [1.807, 2.05) is 53.9 Å². The molecule has 4 aromatic rings. The van der Waals surface area contributed by atoms with E-state index in [0.717, 1.165) is 11.1 Å². The first kappa shape index (κ1) is 21.5. The average Bonchev–Trinajstić information content (AvgIpc) is 3.50. The van der Waals surface area contributed by atoms with Crippen LogP contribution in [0.5, 0.6) is 11.5 Å². The van der Waals surface area contributed by atoms with E-state index < -0.39 is 0 Å². The molecule has 0 aliphatic carbocycles. The molecule has 0 saturated heterocycles. The number of hydrogen-bond acceptors (Lipinski definition) is 8. The van der Waals surface area contributed by atoms with Gasteiger partial charge in [-0.15, -0.1) is 11.3 Å². The standard InChI is InChI=1S/C23H20N4O3S2/c1-29-17-11-10-16(18(13-17)30-2)14-24-27-23-25-20(15-7-4-3-5-8-15)22(32-23)26-21(28)19-9-6-12-31-19/h3-14H,1-2H3,(H,25,27)(H,26,28). The molecule has 1 amide bonds.